The number of carbonyl (C=O) groups excluding carboxylic acids is 1. The highest BCUT2D eigenvalue weighted by molar-refractivity contribution is 5.69. The molecule has 6 unspecified atom stereocenters. The van der Waals surface area contributed by atoms with Gasteiger partial charge in [0, 0.05) is 13.0 Å². The van der Waals surface area contributed by atoms with Gasteiger partial charge in [0.2, 0.25) is 0 Å². The van der Waals surface area contributed by atoms with E-state index in [9.17, 15) is 25.2 Å². The standard InChI is InChI=1S/C54H98O9/c1-3-5-7-9-11-13-15-17-19-20-21-22-23-24-25-26-27-28-29-31-33-35-37-39-41-43-50(56)62-48(47-61-54-53(59)52(58)51(57)49(45-55)63-54)46-60-44-42-40-38-36-34-32-30-18-16-14-12-10-8-6-4-2/h5,7,11,13,17,19,21-22,48-49,51-55,57-59H,3-4,6,8-10,12,14-16,18,20,23-47H2,1-2H3/b7-5-,13-11-,19-17-,22-21-. The van der Waals surface area contributed by atoms with Crippen molar-refractivity contribution in [1.29, 1.82) is 0 Å². The molecule has 0 aromatic rings. The van der Waals surface area contributed by atoms with Crippen molar-refractivity contribution in [3.63, 3.8) is 0 Å². The maximum atomic E-state index is 12.8. The summed E-state index contributed by atoms with van der Waals surface area (Å²) in [6.07, 6.45) is 50.0. The Labute approximate surface area is 386 Å². The summed E-state index contributed by atoms with van der Waals surface area (Å²) in [5, 5.41) is 40.2. The van der Waals surface area contributed by atoms with E-state index in [2.05, 4.69) is 62.5 Å². The number of hydrogen-bond acceptors (Lipinski definition) is 9. The van der Waals surface area contributed by atoms with E-state index in [0.29, 0.717) is 13.0 Å². The van der Waals surface area contributed by atoms with Crippen LogP contribution >= 0.6 is 0 Å². The highest BCUT2D eigenvalue weighted by atomic mass is 16.7. The number of esters is 1. The molecule has 9 nitrogen and oxygen atoms in total. The molecule has 9 heteroatoms. The molecule has 6 atom stereocenters. The van der Waals surface area contributed by atoms with Crippen LogP contribution in [-0.4, -0.2) is 89.6 Å². The van der Waals surface area contributed by atoms with Crippen LogP contribution in [-0.2, 0) is 23.7 Å². The molecule has 1 fully saturated rings. The summed E-state index contributed by atoms with van der Waals surface area (Å²) in [5.41, 5.74) is 0. The maximum Gasteiger partial charge on any atom is 0.306 e. The van der Waals surface area contributed by atoms with Gasteiger partial charge in [-0.3, -0.25) is 4.79 Å². The van der Waals surface area contributed by atoms with Gasteiger partial charge >= 0.3 is 5.97 Å². The van der Waals surface area contributed by atoms with E-state index in [1.54, 1.807) is 0 Å². The average Bonchev–Trinajstić information content (AvgIpc) is 3.28. The molecule has 0 saturated carbocycles. The normalized spacial score (nSPS) is 20.0. The molecule has 0 aromatic heterocycles. The van der Waals surface area contributed by atoms with Gasteiger partial charge in [0.15, 0.2) is 6.29 Å². The lowest BCUT2D eigenvalue weighted by atomic mass is 9.99. The van der Waals surface area contributed by atoms with Gasteiger partial charge in [-0.15, -0.1) is 0 Å². The summed E-state index contributed by atoms with van der Waals surface area (Å²) in [4.78, 5) is 12.8. The van der Waals surface area contributed by atoms with Crippen LogP contribution < -0.4 is 0 Å². The van der Waals surface area contributed by atoms with Crippen molar-refractivity contribution in [1.82, 2.24) is 0 Å². The van der Waals surface area contributed by atoms with Gasteiger partial charge in [-0.2, -0.15) is 0 Å². The van der Waals surface area contributed by atoms with E-state index in [1.165, 1.54) is 148 Å². The first-order valence-electron chi connectivity index (χ1n) is 26.2. The number of hydrogen-bond donors (Lipinski definition) is 4. The third-order valence-electron chi connectivity index (χ3n) is 12.0. The zero-order chi connectivity index (χ0) is 45.7. The predicted octanol–water partition coefficient (Wildman–Crippen LogP) is 12.9. The molecule has 1 aliphatic heterocycles. The van der Waals surface area contributed by atoms with Gasteiger partial charge in [-0.1, -0.05) is 217 Å². The molecule has 0 aliphatic carbocycles. The second kappa shape index (κ2) is 45.3. The Hall–Kier alpha value is -1.85. The molecule has 1 saturated heterocycles. The molecule has 0 spiro atoms. The van der Waals surface area contributed by atoms with Crippen molar-refractivity contribution >= 4 is 5.97 Å². The minimum Gasteiger partial charge on any atom is -0.457 e. The lowest BCUT2D eigenvalue weighted by Crippen LogP contribution is -2.59. The molecule has 0 aromatic carbocycles. The van der Waals surface area contributed by atoms with Gasteiger partial charge in [0.1, 0.15) is 30.5 Å². The summed E-state index contributed by atoms with van der Waals surface area (Å²) in [6, 6.07) is 0. The Balaban J connectivity index is 2.17. The van der Waals surface area contributed by atoms with Crippen LogP contribution in [0.2, 0.25) is 0 Å². The van der Waals surface area contributed by atoms with Gasteiger partial charge in [0.05, 0.1) is 19.8 Å². The SMILES string of the molecule is CC/C=C\C/C=C\C/C=C\C/C=C\CCCCCCCCCCCCCCC(=O)OC(COCCCCCCCCCCCCCCCCC)COC1OC(CO)C(O)C(O)C1O. The topological polar surface area (TPSA) is 135 Å². The fourth-order valence-corrected chi connectivity index (χ4v) is 7.96. The van der Waals surface area contributed by atoms with Gasteiger partial charge in [-0.05, 0) is 51.4 Å². The molecule has 4 N–H and O–H groups in total. The fraction of sp³-hybridized carbons (Fsp3) is 0.833. The van der Waals surface area contributed by atoms with Crippen molar-refractivity contribution in [3.8, 4) is 0 Å². The van der Waals surface area contributed by atoms with Crippen molar-refractivity contribution in [2.75, 3.05) is 26.4 Å². The van der Waals surface area contributed by atoms with Crippen LogP contribution in [0.4, 0.5) is 0 Å². The average molecular weight is 891 g/mol. The molecule has 63 heavy (non-hydrogen) atoms. The van der Waals surface area contributed by atoms with E-state index in [4.69, 9.17) is 18.9 Å². The molecule has 1 rings (SSSR count). The van der Waals surface area contributed by atoms with Crippen LogP contribution in [0.25, 0.3) is 0 Å². The summed E-state index contributed by atoms with van der Waals surface area (Å²) in [6.45, 7) is 4.48. The van der Waals surface area contributed by atoms with E-state index in [1.807, 2.05) is 0 Å². The molecular weight excluding hydrogens is 793 g/mol. The van der Waals surface area contributed by atoms with Gasteiger partial charge < -0.3 is 39.4 Å². The van der Waals surface area contributed by atoms with Crippen LogP contribution in [0.1, 0.15) is 226 Å². The zero-order valence-corrected chi connectivity index (χ0v) is 40.6. The van der Waals surface area contributed by atoms with Crippen molar-refractivity contribution in [3.05, 3.63) is 48.6 Å². The number of carbonyl (C=O) groups is 1. The first-order valence-corrected chi connectivity index (χ1v) is 26.2. The molecule has 1 heterocycles. The minimum absolute atomic E-state index is 0.112. The summed E-state index contributed by atoms with van der Waals surface area (Å²) in [7, 11) is 0. The Morgan fingerprint density at radius 1 is 0.524 bits per heavy atom. The molecule has 0 amide bonds. The molecule has 0 radical (unpaired) electrons. The van der Waals surface area contributed by atoms with Crippen molar-refractivity contribution in [2.24, 2.45) is 0 Å². The number of unbranched alkanes of at least 4 members (excludes halogenated alkanes) is 26. The Kier molecular flexibility index (Phi) is 42.6. The predicted molar refractivity (Wildman–Crippen MR) is 261 cm³/mol. The van der Waals surface area contributed by atoms with Crippen molar-refractivity contribution < 1.29 is 44.2 Å². The smallest absolute Gasteiger partial charge is 0.306 e. The maximum absolute atomic E-state index is 12.8. The quantitative estimate of drug-likeness (QED) is 0.0268. The minimum atomic E-state index is -1.54. The lowest BCUT2D eigenvalue weighted by Gasteiger charge is -2.39. The molecular formula is C54H98O9. The lowest BCUT2D eigenvalue weighted by molar-refractivity contribution is -0.305. The van der Waals surface area contributed by atoms with Gasteiger partial charge in [-0.25, -0.2) is 0 Å². The highest BCUT2D eigenvalue weighted by Gasteiger charge is 2.44. The van der Waals surface area contributed by atoms with Crippen LogP contribution in [0.3, 0.4) is 0 Å². The fourth-order valence-electron chi connectivity index (χ4n) is 7.96. The number of aliphatic hydroxyl groups excluding tert-OH is 4. The molecule has 0 bridgehead atoms. The third-order valence-corrected chi connectivity index (χ3v) is 12.0. The van der Waals surface area contributed by atoms with Crippen LogP contribution in [0.15, 0.2) is 48.6 Å². The highest BCUT2D eigenvalue weighted by Crippen LogP contribution is 2.23. The first kappa shape index (κ1) is 59.2. The largest absolute Gasteiger partial charge is 0.457 e. The second-order valence-corrected chi connectivity index (χ2v) is 17.9. The second-order valence-electron chi connectivity index (χ2n) is 17.9. The van der Waals surface area contributed by atoms with Crippen LogP contribution in [0, 0.1) is 0 Å². The Morgan fingerprint density at radius 2 is 0.968 bits per heavy atom. The van der Waals surface area contributed by atoms with Crippen LogP contribution in [0.5, 0.6) is 0 Å². The van der Waals surface area contributed by atoms with E-state index in [0.717, 1.165) is 57.8 Å². The summed E-state index contributed by atoms with van der Waals surface area (Å²) < 4.78 is 22.9. The Morgan fingerprint density at radius 3 is 1.46 bits per heavy atom. The third kappa shape index (κ3) is 36.0. The van der Waals surface area contributed by atoms with E-state index in [-0.39, 0.29) is 19.2 Å². The van der Waals surface area contributed by atoms with Crippen molar-refractivity contribution in [2.45, 2.75) is 263 Å². The molecule has 1 aliphatic rings. The number of aliphatic hydroxyl groups is 4. The van der Waals surface area contributed by atoms with Gasteiger partial charge in [0.25, 0.3) is 0 Å². The molecule has 368 valence electrons. The monoisotopic (exact) mass is 891 g/mol. The Bertz CT molecular complexity index is 1100. The van der Waals surface area contributed by atoms with E-state index < -0.39 is 43.4 Å². The number of rotatable bonds is 45. The zero-order valence-electron chi connectivity index (χ0n) is 40.6. The summed E-state index contributed by atoms with van der Waals surface area (Å²) >= 11 is 0. The first-order chi connectivity index (χ1) is 30.9. The van der Waals surface area contributed by atoms with E-state index >= 15 is 0 Å². The summed E-state index contributed by atoms with van der Waals surface area (Å²) in [5.74, 6) is -0.313. The number of allylic oxidation sites excluding steroid dienone is 8. The number of ether oxygens (including phenoxy) is 4.